The molecule has 18 heavy (non-hydrogen) atoms. The van der Waals surface area contributed by atoms with Crippen molar-refractivity contribution >= 4 is 11.8 Å². The van der Waals surface area contributed by atoms with Gasteiger partial charge >= 0.3 is 5.97 Å². The molecule has 0 aliphatic rings. The van der Waals surface area contributed by atoms with Crippen LogP contribution in [0, 0.1) is 5.92 Å². The van der Waals surface area contributed by atoms with Crippen LogP contribution in [0.2, 0.25) is 0 Å². The fraction of sp³-hybridized carbons (Fsp3) is 0.600. The number of ketones is 1. The number of carbonyl (C=O) groups is 2. The van der Waals surface area contributed by atoms with Gasteiger partial charge in [-0.15, -0.1) is 0 Å². The summed E-state index contributed by atoms with van der Waals surface area (Å²) in [6.45, 7) is 7.59. The third kappa shape index (κ3) is 7.05. The Kier molecular flexibility index (Phi) is 8.01. The zero-order chi connectivity index (χ0) is 14.1. The normalized spacial score (nSPS) is 12.8. The third-order valence-electron chi connectivity index (χ3n) is 2.77. The fourth-order valence-corrected chi connectivity index (χ4v) is 1.58. The van der Waals surface area contributed by atoms with Gasteiger partial charge in [0.2, 0.25) is 0 Å². The molecule has 0 fully saturated rings. The van der Waals surface area contributed by atoms with Gasteiger partial charge in [-0.25, -0.2) is 0 Å². The van der Waals surface area contributed by atoms with Crippen molar-refractivity contribution in [2.45, 2.75) is 47.0 Å². The van der Waals surface area contributed by atoms with E-state index in [4.69, 9.17) is 0 Å². The molecule has 0 aliphatic heterocycles. The minimum absolute atomic E-state index is 0.143. The lowest BCUT2D eigenvalue weighted by molar-refractivity contribution is -0.148. The number of hydrogen-bond donors (Lipinski definition) is 0. The predicted molar refractivity (Wildman–Crippen MR) is 73.2 cm³/mol. The molecule has 0 amide bonds. The van der Waals surface area contributed by atoms with E-state index in [0.717, 1.165) is 12.8 Å². The quantitative estimate of drug-likeness (QED) is 0.396. The van der Waals surface area contributed by atoms with Crippen LogP contribution < -0.4 is 0 Å². The molecule has 3 nitrogen and oxygen atoms in total. The molecular weight excluding hydrogens is 228 g/mol. The van der Waals surface area contributed by atoms with Gasteiger partial charge in [-0.2, -0.15) is 0 Å². The predicted octanol–water partition coefficient (Wildman–Crippen LogP) is 3.45. The van der Waals surface area contributed by atoms with Crippen molar-refractivity contribution in [2.24, 2.45) is 5.92 Å². The van der Waals surface area contributed by atoms with Crippen molar-refractivity contribution in [3.8, 4) is 0 Å². The number of methoxy groups -OCH3 is 1. The number of hydrogen-bond acceptors (Lipinski definition) is 3. The summed E-state index contributed by atoms with van der Waals surface area (Å²) in [5.41, 5.74) is 2.50. The Morgan fingerprint density at radius 1 is 1.11 bits per heavy atom. The zero-order valence-corrected chi connectivity index (χ0v) is 12.1. The first kappa shape index (κ1) is 16.6. The maximum atomic E-state index is 11.4. The smallest absolute Gasteiger partial charge is 0.316 e. The zero-order valence-electron chi connectivity index (χ0n) is 12.1. The van der Waals surface area contributed by atoms with Crippen LogP contribution in [0.5, 0.6) is 0 Å². The first-order chi connectivity index (χ1) is 8.38. The Morgan fingerprint density at radius 2 is 1.72 bits per heavy atom. The van der Waals surface area contributed by atoms with Crippen LogP contribution in [0.1, 0.15) is 47.0 Å². The van der Waals surface area contributed by atoms with Gasteiger partial charge in [0.25, 0.3) is 0 Å². The van der Waals surface area contributed by atoms with Gasteiger partial charge in [0.1, 0.15) is 11.7 Å². The molecule has 0 bridgehead atoms. The van der Waals surface area contributed by atoms with Crippen molar-refractivity contribution < 1.29 is 14.3 Å². The highest BCUT2D eigenvalue weighted by Crippen LogP contribution is 2.13. The molecule has 0 saturated heterocycles. The number of ether oxygens (including phenoxy) is 1. The van der Waals surface area contributed by atoms with Gasteiger partial charge in [0, 0.05) is 0 Å². The van der Waals surface area contributed by atoms with Crippen LogP contribution in [0.25, 0.3) is 0 Å². The molecule has 0 N–H and O–H groups in total. The van der Waals surface area contributed by atoms with E-state index in [1.165, 1.54) is 25.2 Å². The van der Waals surface area contributed by atoms with Gasteiger partial charge < -0.3 is 4.74 Å². The second-order valence-electron chi connectivity index (χ2n) is 4.79. The molecule has 3 heteroatoms. The van der Waals surface area contributed by atoms with Crippen molar-refractivity contribution in [1.82, 2.24) is 0 Å². The first-order valence-corrected chi connectivity index (χ1v) is 6.25. The minimum atomic E-state index is -0.659. The van der Waals surface area contributed by atoms with Crippen LogP contribution in [0.15, 0.2) is 23.3 Å². The number of esters is 1. The monoisotopic (exact) mass is 252 g/mol. The molecule has 0 radical (unpaired) electrons. The fourth-order valence-electron chi connectivity index (χ4n) is 1.58. The Balaban J connectivity index is 4.36. The largest absolute Gasteiger partial charge is 0.468 e. The summed E-state index contributed by atoms with van der Waals surface area (Å²) >= 11 is 0. The lowest BCUT2D eigenvalue weighted by Gasteiger charge is -2.09. The summed E-state index contributed by atoms with van der Waals surface area (Å²) in [5, 5.41) is 0. The molecule has 0 aliphatic carbocycles. The molecule has 0 spiro atoms. The second kappa shape index (κ2) is 8.67. The highest BCUT2D eigenvalue weighted by molar-refractivity contribution is 5.97. The Labute approximate surface area is 110 Å². The lowest BCUT2D eigenvalue weighted by atomic mass is 9.99. The topological polar surface area (TPSA) is 43.4 Å². The molecule has 1 atom stereocenters. The van der Waals surface area contributed by atoms with Gasteiger partial charge in [0.15, 0.2) is 0 Å². The molecule has 0 aromatic heterocycles. The molecule has 0 aromatic rings. The molecule has 102 valence electrons. The SMILES string of the molecule is COC(=O)C(C/C=C(/C)CCC=C(C)C)C(C)=O. The number of allylic oxidation sites excluding steroid dienone is 4. The van der Waals surface area contributed by atoms with Gasteiger partial charge in [-0.05, 0) is 47.0 Å². The molecule has 0 rings (SSSR count). The van der Waals surface area contributed by atoms with E-state index in [1.54, 1.807) is 0 Å². The third-order valence-corrected chi connectivity index (χ3v) is 2.77. The van der Waals surface area contributed by atoms with Crippen LogP contribution >= 0.6 is 0 Å². The second-order valence-corrected chi connectivity index (χ2v) is 4.79. The van der Waals surface area contributed by atoms with Gasteiger partial charge in [-0.1, -0.05) is 23.3 Å². The maximum absolute atomic E-state index is 11.4. The van der Waals surface area contributed by atoms with Crippen molar-refractivity contribution in [3.63, 3.8) is 0 Å². The lowest BCUT2D eigenvalue weighted by Crippen LogP contribution is -2.22. The first-order valence-electron chi connectivity index (χ1n) is 6.25. The Hall–Kier alpha value is -1.38. The van der Waals surface area contributed by atoms with E-state index in [1.807, 2.05) is 13.0 Å². The van der Waals surface area contributed by atoms with E-state index in [2.05, 4.69) is 24.7 Å². The summed E-state index contributed by atoms with van der Waals surface area (Å²) in [7, 11) is 1.31. The molecule has 0 aromatic carbocycles. The summed E-state index contributed by atoms with van der Waals surface area (Å²) in [6.07, 6.45) is 6.52. The van der Waals surface area contributed by atoms with Gasteiger partial charge in [0.05, 0.1) is 7.11 Å². The van der Waals surface area contributed by atoms with Crippen LogP contribution in [-0.4, -0.2) is 18.9 Å². The summed E-state index contributed by atoms with van der Waals surface area (Å²) in [6, 6.07) is 0. The molecule has 0 saturated carbocycles. The summed E-state index contributed by atoms with van der Waals surface area (Å²) in [5.74, 6) is -1.25. The highest BCUT2D eigenvalue weighted by Gasteiger charge is 2.22. The Bertz CT molecular complexity index is 347. The number of Topliss-reactive ketones (excluding diaryl/α,β-unsaturated/α-hetero) is 1. The van der Waals surface area contributed by atoms with Crippen LogP contribution in [0.3, 0.4) is 0 Å². The highest BCUT2D eigenvalue weighted by atomic mass is 16.5. The van der Waals surface area contributed by atoms with E-state index < -0.39 is 11.9 Å². The van der Waals surface area contributed by atoms with E-state index in [-0.39, 0.29) is 5.78 Å². The number of rotatable bonds is 7. The Morgan fingerprint density at radius 3 is 2.17 bits per heavy atom. The summed E-state index contributed by atoms with van der Waals surface area (Å²) < 4.78 is 4.62. The minimum Gasteiger partial charge on any atom is -0.468 e. The standard InChI is InChI=1S/C15H24O3/c1-11(2)7-6-8-12(3)9-10-14(13(4)16)15(17)18-5/h7,9,14H,6,8,10H2,1-5H3/b12-9-. The molecule has 0 heterocycles. The maximum Gasteiger partial charge on any atom is 0.316 e. The van der Waals surface area contributed by atoms with E-state index in [9.17, 15) is 9.59 Å². The van der Waals surface area contributed by atoms with Gasteiger partial charge in [-0.3, -0.25) is 9.59 Å². The average molecular weight is 252 g/mol. The molecular formula is C15H24O3. The van der Waals surface area contributed by atoms with Crippen LogP contribution in [-0.2, 0) is 14.3 Å². The average Bonchev–Trinajstić information content (AvgIpc) is 2.27. The number of carbonyl (C=O) groups excluding carboxylic acids is 2. The van der Waals surface area contributed by atoms with E-state index in [0.29, 0.717) is 6.42 Å². The summed E-state index contributed by atoms with van der Waals surface area (Å²) in [4.78, 5) is 22.7. The van der Waals surface area contributed by atoms with Crippen molar-refractivity contribution in [2.75, 3.05) is 7.11 Å². The van der Waals surface area contributed by atoms with Crippen LogP contribution in [0.4, 0.5) is 0 Å². The van der Waals surface area contributed by atoms with Crippen molar-refractivity contribution in [3.05, 3.63) is 23.3 Å². The molecule has 1 unspecified atom stereocenters. The van der Waals surface area contributed by atoms with E-state index >= 15 is 0 Å². The van der Waals surface area contributed by atoms with Crippen molar-refractivity contribution in [1.29, 1.82) is 0 Å².